The first-order valence-corrected chi connectivity index (χ1v) is 12.6. The van der Waals surface area contributed by atoms with Crippen LogP contribution >= 0.6 is 23.1 Å². The molecule has 0 bridgehead atoms. The number of hydrogen-bond donors (Lipinski definition) is 1. The zero-order chi connectivity index (χ0) is 22.2. The van der Waals surface area contributed by atoms with Crippen LogP contribution in [0.15, 0.2) is 82.9 Å². The highest BCUT2D eigenvalue weighted by atomic mass is 32.2. The van der Waals surface area contributed by atoms with Gasteiger partial charge in [0.1, 0.15) is 6.04 Å². The Balaban J connectivity index is 1.37. The highest BCUT2D eigenvalue weighted by Crippen LogP contribution is 2.44. The number of aromatic nitrogens is 5. The second-order valence-corrected chi connectivity index (χ2v) is 9.95. The molecular formula is C24H20N6OS2. The number of Topliss-reactive ketones (excluding diaryl/α,β-unsaturated/α-hetero) is 1. The van der Waals surface area contributed by atoms with Crippen LogP contribution in [-0.2, 0) is 10.5 Å². The number of pyridine rings is 2. The van der Waals surface area contributed by atoms with Crippen molar-refractivity contribution in [3.63, 3.8) is 0 Å². The summed E-state index contributed by atoms with van der Waals surface area (Å²) in [4.78, 5) is 28.2. The molecule has 33 heavy (non-hydrogen) atoms. The van der Waals surface area contributed by atoms with Crippen molar-refractivity contribution in [2.24, 2.45) is 0 Å². The highest BCUT2D eigenvalue weighted by molar-refractivity contribution is 7.98. The van der Waals surface area contributed by atoms with E-state index < -0.39 is 0 Å². The van der Waals surface area contributed by atoms with Crippen LogP contribution in [0, 0.1) is 0 Å². The third-order valence-corrected chi connectivity index (χ3v) is 7.85. The third kappa shape index (κ3) is 3.87. The van der Waals surface area contributed by atoms with Crippen molar-refractivity contribution < 1.29 is 4.79 Å². The monoisotopic (exact) mass is 472 g/mol. The molecule has 7 nitrogen and oxygen atoms in total. The average Bonchev–Trinajstić information content (AvgIpc) is 3.52. The van der Waals surface area contributed by atoms with Crippen molar-refractivity contribution >= 4 is 34.8 Å². The first kappa shape index (κ1) is 20.3. The Hall–Kier alpha value is -3.30. The molecule has 9 heteroatoms. The fraction of sp³-hybridized carbons (Fsp3) is 0.208. The van der Waals surface area contributed by atoms with E-state index in [1.54, 1.807) is 35.5 Å². The van der Waals surface area contributed by atoms with Gasteiger partial charge in [-0.3, -0.25) is 14.8 Å². The number of ketones is 1. The summed E-state index contributed by atoms with van der Waals surface area (Å²) in [5, 5.41) is 10.9. The molecule has 6 rings (SSSR count). The van der Waals surface area contributed by atoms with Crippen molar-refractivity contribution in [2.45, 2.75) is 35.7 Å². The lowest BCUT2D eigenvalue weighted by atomic mass is 9.81. The summed E-state index contributed by atoms with van der Waals surface area (Å²) in [6.07, 6.45) is 6.64. The van der Waals surface area contributed by atoms with Crippen LogP contribution in [0.5, 0.6) is 0 Å². The quantitative estimate of drug-likeness (QED) is 0.416. The Labute approximate surface area is 199 Å². The molecular weight excluding hydrogens is 452 g/mol. The van der Waals surface area contributed by atoms with Crippen LogP contribution in [0.25, 0.3) is 0 Å². The van der Waals surface area contributed by atoms with E-state index in [2.05, 4.69) is 26.7 Å². The summed E-state index contributed by atoms with van der Waals surface area (Å²) in [6.45, 7) is 0. The van der Waals surface area contributed by atoms with E-state index in [-0.39, 0.29) is 17.7 Å². The molecule has 1 N–H and O–H groups in total. The Morgan fingerprint density at radius 1 is 1.12 bits per heavy atom. The predicted octanol–water partition coefficient (Wildman–Crippen LogP) is 4.84. The number of thioether (sulfide) groups is 1. The summed E-state index contributed by atoms with van der Waals surface area (Å²) in [5.74, 6) is 1.70. The number of nitrogens with one attached hydrogen (secondary N) is 1. The molecule has 2 atom stereocenters. The van der Waals surface area contributed by atoms with Crippen molar-refractivity contribution in [3.8, 4) is 0 Å². The van der Waals surface area contributed by atoms with Crippen LogP contribution in [0.1, 0.15) is 40.9 Å². The first-order chi connectivity index (χ1) is 16.3. The number of fused-ring (bicyclic) bond motifs is 1. The van der Waals surface area contributed by atoms with Gasteiger partial charge in [0.2, 0.25) is 11.1 Å². The summed E-state index contributed by atoms with van der Waals surface area (Å²) >= 11 is 3.26. The Morgan fingerprint density at radius 2 is 2.09 bits per heavy atom. The van der Waals surface area contributed by atoms with E-state index in [1.165, 1.54) is 4.88 Å². The molecule has 0 saturated carbocycles. The van der Waals surface area contributed by atoms with Crippen LogP contribution < -0.4 is 5.32 Å². The van der Waals surface area contributed by atoms with Gasteiger partial charge in [-0.05, 0) is 41.6 Å². The fourth-order valence-corrected chi connectivity index (χ4v) is 6.01. The Bertz CT molecular complexity index is 1320. The zero-order valence-corrected chi connectivity index (χ0v) is 19.2. The number of thiophene rings is 1. The first-order valence-electron chi connectivity index (χ1n) is 10.7. The molecule has 0 fully saturated rings. The van der Waals surface area contributed by atoms with Gasteiger partial charge in [-0.1, -0.05) is 30.0 Å². The predicted molar refractivity (Wildman–Crippen MR) is 128 cm³/mol. The van der Waals surface area contributed by atoms with Gasteiger partial charge in [0.05, 0.1) is 5.69 Å². The smallest absolute Gasteiger partial charge is 0.227 e. The van der Waals surface area contributed by atoms with E-state index in [4.69, 9.17) is 10.1 Å². The number of rotatable bonds is 5. The lowest BCUT2D eigenvalue weighted by Crippen LogP contribution is -2.33. The zero-order valence-electron chi connectivity index (χ0n) is 17.6. The number of hydrogen-bond acceptors (Lipinski definition) is 8. The normalized spacial score (nSPS) is 19.7. The van der Waals surface area contributed by atoms with E-state index in [9.17, 15) is 4.79 Å². The van der Waals surface area contributed by atoms with Gasteiger partial charge in [0, 0.05) is 52.8 Å². The molecule has 4 aromatic heterocycles. The van der Waals surface area contributed by atoms with Gasteiger partial charge in [0.25, 0.3) is 0 Å². The number of nitrogens with zero attached hydrogens (tertiary/aromatic N) is 5. The SMILES string of the molecule is O=C1C[C@H](c2cccs2)CC2=C1[C@@H](c1ccccn1)n1nc(SCc3cccnc3)nc1N2. The molecule has 4 aromatic rings. The number of anilines is 1. The molecule has 0 aromatic carbocycles. The van der Waals surface area contributed by atoms with E-state index in [0.717, 1.165) is 34.7 Å². The second kappa shape index (κ2) is 8.57. The van der Waals surface area contributed by atoms with Crippen LogP contribution in [0.4, 0.5) is 5.95 Å². The van der Waals surface area contributed by atoms with Gasteiger partial charge in [-0.25, -0.2) is 4.68 Å². The Kier molecular flexibility index (Phi) is 5.27. The minimum Gasteiger partial charge on any atom is -0.328 e. The summed E-state index contributed by atoms with van der Waals surface area (Å²) in [5.41, 5.74) is 3.59. The lowest BCUT2D eigenvalue weighted by Gasteiger charge is -2.34. The van der Waals surface area contributed by atoms with Crippen molar-refractivity contribution in [3.05, 3.63) is 93.8 Å². The van der Waals surface area contributed by atoms with Crippen molar-refractivity contribution in [1.82, 2.24) is 24.7 Å². The third-order valence-electron chi connectivity index (χ3n) is 5.90. The maximum absolute atomic E-state index is 13.5. The van der Waals surface area contributed by atoms with E-state index in [0.29, 0.717) is 17.5 Å². The molecule has 0 spiro atoms. The average molecular weight is 473 g/mol. The molecule has 0 saturated heterocycles. The lowest BCUT2D eigenvalue weighted by molar-refractivity contribution is -0.116. The molecule has 2 aliphatic rings. The maximum Gasteiger partial charge on any atom is 0.227 e. The molecule has 1 aliphatic carbocycles. The highest BCUT2D eigenvalue weighted by Gasteiger charge is 2.40. The standard InChI is InChI=1S/C24H20N6OS2/c31-19-12-16(20-7-4-10-32-20)11-18-21(19)22(17-6-1-2-9-26-17)30-23(27-18)28-24(29-30)33-14-15-5-3-8-25-13-15/h1-10,13,16,22H,11-12,14H2,(H,27,28,29)/t16-,22-/m1/s1. The topological polar surface area (TPSA) is 85.6 Å². The number of allylic oxidation sites excluding steroid dienone is 2. The molecule has 0 unspecified atom stereocenters. The van der Waals surface area contributed by atoms with Gasteiger partial charge in [-0.2, -0.15) is 4.98 Å². The van der Waals surface area contributed by atoms with Crippen LogP contribution in [0.3, 0.4) is 0 Å². The molecule has 0 radical (unpaired) electrons. The number of carbonyl (C=O) groups is 1. The summed E-state index contributed by atoms with van der Waals surface area (Å²) in [6, 6.07) is 13.5. The summed E-state index contributed by atoms with van der Waals surface area (Å²) in [7, 11) is 0. The fourth-order valence-electron chi connectivity index (χ4n) is 4.42. The molecule has 5 heterocycles. The molecule has 164 valence electrons. The molecule has 1 aliphatic heterocycles. The van der Waals surface area contributed by atoms with E-state index >= 15 is 0 Å². The minimum atomic E-state index is -0.380. The molecule has 0 amide bonds. The van der Waals surface area contributed by atoms with Gasteiger partial charge >= 0.3 is 0 Å². The largest absolute Gasteiger partial charge is 0.328 e. The maximum atomic E-state index is 13.5. The van der Waals surface area contributed by atoms with Gasteiger partial charge in [0.15, 0.2) is 5.78 Å². The minimum absolute atomic E-state index is 0.142. The summed E-state index contributed by atoms with van der Waals surface area (Å²) < 4.78 is 1.82. The number of carbonyl (C=O) groups excluding carboxylic acids is 1. The van der Waals surface area contributed by atoms with Gasteiger partial charge < -0.3 is 5.32 Å². The van der Waals surface area contributed by atoms with Crippen molar-refractivity contribution in [2.75, 3.05) is 5.32 Å². The van der Waals surface area contributed by atoms with Crippen LogP contribution in [-0.4, -0.2) is 30.5 Å². The van der Waals surface area contributed by atoms with Crippen LogP contribution in [0.2, 0.25) is 0 Å². The van der Waals surface area contributed by atoms with E-state index in [1.807, 2.05) is 47.3 Å². The van der Waals surface area contributed by atoms with Crippen molar-refractivity contribution in [1.29, 1.82) is 0 Å². The second-order valence-electron chi connectivity index (χ2n) is 8.03. The Morgan fingerprint density at radius 3 is 2.88 bits per heavy atom. The van der Waals surface area contributed by atoms with Gasteiger partial charge in [-0.15, -0.1) is 16.4 Å².